The zero-order chi connectivity index (χ0) is 11.1. The average Bonchev–Trinajstić information content (AvgIpc) is 2.31. The average molecular weight is 223 g/mol. The van der Waals surface area contributed by atoms with Crippen molar-refractivity contribution in [2.45, 2.75) is 56.8 Å². The Balaban J connectivity index is 1.79. The van der Waals surface area contributed by atoms with Gasteiger partial charge in [-0.1, -0.05) is 12.8 Å². The van der Waals surface area contributed by atoms with E-state index in [9.17, 15) is 0 Å². The van der Waals surface area contributed by atoms with Crippen molar-refractivity contribution in [2.24, 2.45) is 17.6 Å². The zero-order valence-corrected chi connectivity index (χ0v) is 10.4. The molecule has 1 aliphatic carbocycles. The number of piperidine rings is 2. The molecule has 1 saturated carbocycles. The molecule has 2 heterocycles. The third-order valence-electron chi connectivity index (χ3n) is 5.12. The lowest BCUT2D eigenvalue weighted by molar-refractivity contribution is -0.00591. The normalized spacial score (nSPS) is 49.5. The van der Waals surface area contributed by atoms with E-state index in [4.69, 9.17) is 5.73 Å². The molecule has 0 amide bonds. The summed E-state index contributed by atoms with van der Waals surface area (Å²) in [5.41, 5.74) is 6.54. The summed E-state index contributed by atoms with van der Waals surface area (Å²) in [6, 6.07) is 1.14. The second kappa shape index (κ2) is 4.28. The van der Waals surface area contributed by atoms with Crippen LogP contribution < -0.4 is 11.1 Å². The van der Waals surface area contributed by atoms with Crippen LogP contribution >= 0.6 is 0 Å². The third-order valence-corrected chi connectivity index (χ3v) is 5.12. The van der Waals surface area contributed by atoms with Crippen molar-refractivity contribution in [1.29, 1.82) is 0 Å². The summed E-state index contributed by atoms with van der Waals surface area (Å²) in [4.78, 5) is 2.48. The zero-order valence-electron chi connectivity index (χ0n) is 10.4. The van der Waals surface area contributed by atoms with Crippen LogP contribution in [0.2, 0.25) is 0 Å². The Morgan fingerprint density at radius 1 is 1.06 bits per heavy atom. The molecule has 0 aromatic carbocycles. The fourth-order valence-electron chi connectivity index (χ4n) is 4.22. The largest absolute Gasteiger partial charge is 0.327 e. The monoisotopic (exact) mass is 223 g/mol. The van der Waals surface area contributed by atoms with E-state index >= 15 is 0 Å². The van der Waals surface area contributed by atoms with Gasteiger partial charge in [0.05, 0.1) is 6.17 Å². The first-order valence-electron chi connectivity index (χ1n) is 6.99. The Morgan fingerprint density at radius 3 is 2.69 bits per heavy atom. The molecule has 3 N–H and O–H groups in total. The molecule has 5 unspecified atom stereocenters. The van der Waals surface area contributed by atoms with Crippen molar-refractivity contribution in [3.05, 3.63) is 0 Å². The maximum atomic E-state index is 6.54. The van der Waals surface area contributed by atoms with Crippen molar-refractivity contribution in [3.63, 3.8) is 0 Å². The molecule has 0 radical (unpaired) electrons. The minimum absolute atomic E-state index is 0.444. The number of hydrogen-bond acceptors (Lipinski definition) is 3. The fourth-order valence-corrected chi connectivity index (χ4v) is 4.22. The molecular weight excluding hydrogens is 198 g/mol. The summed E-state index contributed by atoms with van der Waals surface area (Å²) in [6.07, 6.45) is 8.69. The molecular formula is C13H25N3. The van der Waals surface area contributed by atoms with Crippen LogP contribution in [-0.4, -0.2) is 36.7 Å². The van der Waals surface area contributed by atoms with Crippen LogP contribution in [0.3, 0.4) is 0 Å². The molecule has 3 aliphatic rings. The minimum atomic E-state index is 0.444. The van der Waals surface area contributed by atoms with E-state index in [1.165, 1.54) is 45.1 Å². The minimum Gasteiger partial charge on any atom is -0.327 e. The van der Waals surface area contributed by atoms with Gasteiger partial charge in [-0.15, -0.1) is 0 Å². The molecule has 0 aromatic rings. The van der Waals surface area contributed by atoms with Gasteiger partial charge < -0.3 is 5.73 Å². The molecule has 2 saturated heterocycles. The molecule has 16 heavy (non-hydrogen) atoms. The van der Waals surface area contributed by atoms with Gasteiger partial charge in [0, 0.05) is 18.0 Å². The number of likely N-dealkylation sites (tertiary alicyclic amines) is 1. The molecule has 2 aliphatic heterocycles. The van der Waals surface area contributed by atoms with E-state index < -0.39 is 0 Å². The van der Waals surface area contributed by atoms with E-state index in [2.05, 4.69) is 17.3 Å². The number of fused-ring (bicyclic) bond motifs is 2. The van der Waals surface area contributed by atoms with Crippen molar-refractivity contribution < 1.29 is 0 Å². The number of nitrogens with two attached hydrogens (primary N) is 1. The molecule has 0 bridgehead atoms. The quantitative estimate of drug-likeness (QED) is 0.647. The van der Waals surface area contributed by atoms with E-state index in [-0.39, 0.29) is 0 Å². The summed E-state index contributed by atoms with van der Waals surface area (Å²) in [7, 11) is 2.25. The molecule has 5 atom stereocenters. The fraction of sp³-hybridized carbons (Fsp3) is 1.00. The molecule has 3 rings (SSSR count). The first-order valence-corrected chi connectivity index (χ1v) is 6.99. The molecule has 0 spiro atoms. The standard InChI is InChI=1S/C13H25N3/c1-16-8-4-6-10-12(14)9-5-2-3-7-11(9)15-13(10)16/h9-13,15H,2-8,14H2,1H3. The first kappa shape index (κ1) is 11.0. The molecule has 3 fully saturated rings. The smallest absolute Gasteiger partial charge is 0.0640 e. The van der Waals surface area contributed by atoms with E-state index in [1.807, 2.05) is 0 Å². The highest BCUT2D eigenvalue weighted by Gasteiger charge is 2.45. The lowest BCUT2D eigenvalue weighted by atomic mass is 9.69. The van der Waals surface area contributed by atoms with Crippen molar-refractivity contribution in [3.8, 4) is 0 Å². The Bertz CT molecular complexity index is 256. The van der Waals surface area contributed by atoms with Gasteiger partial charge in [-0.2, -0.15) is 0 Å². The van der Waals surface area contributed by atoms with Crippen LogP contribution in [0.15, 0.2) is 0 Å². The summed E-state index contributed by atoms with van der Waals surface area (Å²) >= 11 is 0. The summed E-state index contributed by atoms with van der Waals surface area (Å²) in [5, 5.41) is 3.88. The highest BCUT2D eigenvalue weighted by Crippen LogP contribution is 2.38. The molecule has 3 nitrogen and oxygen atoms in total. The Morgan fingerprint density at radius 2 is 1.81 bits per heavy atom. The van der Waals surface area contributed by atoms with E-state index in [0.29, 0.717) is 24.2 Å². The third kappa shape index (κ3) is 1.69. The van der Waals surface area contributed by atoms with Crippen LogP contribution in [0.5, 0.6) is 0 Å². The Kier molecular flexibility index (Phi) is 2.94. The predicted molar refractivity (Wildman–Crippen MR) is 66.0 cm³/mol. The summed E-state index contributed by atoms with van der Waals surface area (Å²) < 4.78 is 0. The Labute approximate surface area is 98.8 Å². The van der Waals surface area contributed by atoms with Gasteiger partial charge in [0.25, 0.3) is 0 Å². The number of rotatable bonds is 0. The number of hydrogen-bond donors (Lipinski definition) is 2. The second-order valence-electron chi connectivity index (χ2n) is 6.03. The van der Waals surface area contributed by atoms with Crippen LogP contribution in [0.4, 0.5) is 0 Å². The van der Waals surface area contributed by atoms with Crippen LogP contribution in [0, 0.1) is 11.8 Å². The van der Waals surface area contributed by atoms with Crippen LogP contribution in [0.25, 0.3) is 0 Å². The van der Waals surface area contributed by atoms with Gasteiger partial charge >= 0.3 is 0 Å². The lowest BCUT2D eigenvalue weighted by Crippen LogP contribution is -2.68. The number of nitrogens with zero attached hydrogens (tertiary/aromatic N) is 1. The predicted octanol–water partition coefficient (Wildman–Crippen LogP) is 1.14. The van der Waals surface area contributed by atoms with Gasteiger partial charge in [0.1, 0.15) is 0 Å². The van der Waals surface area contributed by atoms with Gasteiger partial charge in [-0.25, -0.2) is 0 Å². The second-order valence-corrected chi connectivity index (χ2v) is 6.03. The maximum absolute atomic E-state index is 6.54. The van der Waals surface area contributed by atoms with Crippen molar-refractivity contribution in [2.75, 3.05) is 13.6 Å². The SMILES string of the molecule is CN1CCCC2C(N)C3CCCCC3NC21. The first-order chi connectivity index (χ1) is 7.77. The summed E-state index contributed by atoms with van der Waals surface area (Å²) in [5.74, 6) is 1.44. The van der Waals surface area contributed by atoms with Crippen LogP contribution in [-0.2, 0) is 0 Å². The summed E-state index contributed by atoms with van der Waals surface area (Å²) in [6.45, 7) is 1.23. The van der Waals surface area contributed by atoms with Gasteiger partial charge in [-0.3, -0.25) is 10.2 Å². The van der Waals surface area contributed by atoms with Crippen molar-refractivity contribution in [1.82, 2.24) is 10.2 Å². The van der Waals surface area contributed by atoms with Crippen molar-refractivity contribution >= 4 is 0 Å². The topological polar surface area (TPSA) is 41.3 Å². The van der Waals surface area contributed by atoms with Gasteiger partial charge in [0.2, 0.25) is 0 Å². The maximum Gasteiger partial charge on any atom is 0.0640 e. The number of nitrogens with one attached hydrogen (secondary N) is 1. The van der Waals surface area contributed by atoms with Crippen LogP contribution in [0.1, 0.15) is 38.5 Å². The molecule has 92 valence electrons. The lowest BCUT2D eigenvalue weighted by Gasteiger charge is -2.53. The molecule has 3 heteroatoms. The van der Waals surface area contributed by atoms with Gasteiger partial charge in [-0.05, 0) is 45.2 Å². The highest BCUT2D eigenvalue weighted by molar-refractivity contribution is 5.01. The van der Waals surface area contributed by atoms with E-state index in [0.717, 1.165) is 5.92 Å². The van der Waals surface area contributed by atoms with E-state index in [1.54, 1.807) is 0 Å². The van der Waals surface area contributed by atoms with Gasteiger partial charge in [0.15, 0.2) is 0 Å². The Hall–Kier alpha value is -0.120. The highest BCUT2D eigenvalue weighted by atomic mass is 15.3. The molecule has 0 aromatic heterocycles.